The largest absolute Gasteiger partial charge is 0.467 e. The molecular formula is C21H20N2O3. The molecule has 0 bridgehead atoms. The highest BCUT2D eigenvalue weighted by Crippen LogP contribution is 2.49. The summed E-state index contributed by atoms with van der Waals surface area (Å²) in [6, 6.07) is 18.0. The molecule has 1 saturated carbocycles. The normalized spacial score (nSPS) is 18.5. The van der Waals surface area contributed by atoms with Gasteiger partial charge in [-0.25, -0.2) is 0 Å². The number of carbonyl (C=O) groups is 2. The fourth-order valence-electron chi connectivity index (χ4n) is 3.36. The molecule has 5 heteroatoms. The molecule has 0 radical (unpaired) electrons. The van der Waals surface area contributed by atoms with Gasteiger partial charge in [0.2, 0.25) is 11.8 Å². The second kappa shape index (κ2) is 7.04. The van der Waals surface area contributed by atoms with Crippen LogP contribution in [-0.4, -0.2) is 18.4 Å². The fourth-order valence-corrected chi connectivity index (χ4v) is 3.36. The highest BCUT2D eigenvalue weighted by molar-refractivity contribution is 5.91. The molecule has 0 spiro atoms. The highest BCUT2D eigenvalue weighted by atomic mass is 16.3. The van der Waals surface area contributed by atoms with Crippen LogP contribution in [0.15, 0.2) is 65.3 Å². The molecule has 3 aromatic rings. The Kier molecular flexibility index (Phi) is 4.44. The third kappa shape index (κ3) is 3.47. The van der Waals surface area contributed by atoms with Gasteiger partial charge in [0.25, 0.3) is 0 Å². The van der Waals surface area contributed by atoms with E-state index in [9.17, 15) is 9.59 Å². The van der Waals surface area contributed by atoms with Gasteiger partial charge in [0.05, 0.1) is 19.4 Å². The molecule has 0 aliphatic heterocycles. The monoisotopic (exact) mass is 348 g/mol. The first kappa shape index (κ1) is 16.4. The molecule has 1 aliphatic rings. The topological polar surface area (TPSA) is 71.3 Å². The second-order valence-corrected chi connectivity index (χ2v) is 6.59. The van der Waals surface area contributed by atoms with Crippen molar-refractivity contribution in [1.82, 2.24) is 10.6 Å². The number of carbonyl (C=O) groups excluding carboxylic acids is 2. The zero-order chi connectivity index (χ0) is 17.9. The van der Waals surface area contributed by atoms with E-state index in [1.54, 1.807) is 18.4 Å². The van der Waals surface area contributed by atoms with Crippen molar-refractivity contribution in [3.05, 3.63) is 72.2 Å². The SMILES string of the molecule is O=C(CNC(=O)[C@H]1C[C@H]1c1cccc2ccccc12)NCc1ccco1. The van der Waals surface area contributed by atoms with Crippen LogP contribution in [0.25, 0.3) is 10.8 Å². The Labute approximate surface area is 151 Å². The Balaban J connectivity index is 1.30. The third-order valence-corrected chi connectivity index (χ3v) is 4.81. The van der Waals surface area contributed by atoms with Crippen LogP contribution in [0.5, 0.6) is 0 Å². The molecule has 2 amide bonds. The first-order chi connectivity index (χ1) is 12.7. The quantitative estimate of drug-likeness (QED) is 0.719. The molecule has 2 atom stereocenters. The minimum atomic E-state index is -0.225. The number of fused-ring (bicyclic) bond motifs is 1. The van der Waals surface area contributed by atoms with Crippen LogP contribution in [0, 0.1) is 5.92 Å². The van der Waals surface area contributed by atoms with E-state index in [2.05, 4.69) is 34.9 Å². The molecule has 1 fully saturated rings. The molecule has 1 aliphatic carbocycles. The lowest BCUT2D eigenvalue weighted by Gasteiger charge is -2.07. The maximum absolute atomic E-state index is 12.4. The Morgan fingerprint density at radius 3 is 2.69 bits per heavy atom. The summed E-state index contributed by atoms with van der Waals surface area (Å²) in [5.74, 6) is 0.571. The van der Waals surface area contributed by atoms with E-state index in [0.717, 1.165) is 6.42 Å². The van der Waals surface area contributed by atoms with Crippen LogP contribution in [0.4, 0.5) is 0 Å². The molecule has 5 nitrogen and oxygen atoms in total. The molecule has 0 unspecified atom stereocenters. The van der Waals surface area contributed by atoms with Gasteiger partial charge in [0, 0.05) is 5.92 Å². The Morgan fingerprint density at radius 1 is 1.00 bits per heavy atom. The van der Waals surface area contributed by atoms with Gasteiger partial charge in [0.1, 0.15) is 5.76 Å². The zero-order valence-electron chi connectivity index (χ0n) is 14.3. The smallest absolute Gasteiger partial charge is 0.239 e. The van der Waals surface area contributed by atoms with Gasteiger partial charge in [-0.1, -0.05) is 42.5 Å². The molecule has 0 saturated heterocycles. The predicted molar refractivity (Wildman–Crippen MR) is 98.4 cm³/mol. The summed E-state index contributed by atoms with van der Waals surface area (Å²) >= 11 is 0. The number of hydrogen-bond acceptors (Lipinski definition) is 3. The number of amides is 2. The number of rotatable bonds is 6. The third-order valence-electron chi connectivity index (χ3n) is 4.81. The Hall–Kier alpha value is -3.08. The average molecular weight is 348 g/mol. The summed E-state index contributed by atoms with van der Waals surface area (Å²) in [5.41, 5.74) is 1.21. The number of furan rings is 1. The first-order valence-corrected chi connectivity index (χ1v) is 8.77. The van der Waals surface area contributed by atoms with Gasteiger partial charge < -0.3 is 15.1 Å². The highest BCUT2D eigenvalue weighted by Gasteiger charge is 2.44. The minimum absolute atomic E-state index is 0.0156. The number of benzene rings is 2. The molecule has 132 valence electrons. The van der Waals surface area contributed by atoms with Crippen LogP contribution in [0.1, 0.15) is 23.7 Å². The van der Waals surface area contributed by atoms with E-state index in [-0.39, 0.29) is 30.2 Å². The minimum Gasteiger partial charge on any atom is -0.467 e. The van der Waals surface area contributed by atoms with Crippen molar-refractivity contribution in [2.75, 3.05) is 6.54 Å². The van der Waals surface area contributed by atoms with Crippen molar-refractivity contribution < 1.29 is 14.0 Å². The second-order valence-electron chi connectivity index (χ2n) is 6.59. The van der Waals surface area contributed by atoms with Crippen LogP contribution in [0.3, 0.4) is 0 Å². The molecule has 4 rings (SSSR count). The lowest BCUT2D eigenvalue weighted by atomic mass is 10.00. The van der Waals surface area contributed by atoms with Crippen LogP contribution >= 0.6 is 0 Å². The maximum atomic E-state index is 12.4. The molecular weight excluding hydrogens is 328 g/mol. The number of nitrogens with one attached hydrogen (secondary N) is 2. The summed E-state index contributed by atoms with van der Waals surface area (Å²) in [6.45, 7) is 0.308. The molecule has 1 aromatic heterocycles. The van der Waals surface area contributed by atoms with Gasteiger partial charge >= 0.3 is 0 Å². The van der Waals surface area contributed by atoms with Gasteiger partial charge in [-0.2, -0.15) is 0 Å². The van der Waals surface area contributed by atoms with E-state index < -0.39 is 0 Å². The standard InChI is InChI=1S/C21H20N2O3/c24-20(22-12-15-7-4-10-26-15)13-23-21(25)19-11-18(19)17-9-3-6-14-5-1-2-8-16(14)17/h1-10,18-19H,11-13H2,(H,22,24)(H,23,25)/t18-,19-/m0/s1. The van der Waals surface area contributed by atoms with Gasteiger partial charge in [-0.3, -0.25) is 9.59 Å². The average Bonchev–Trinajstić information content (AvgIpc) is 3.30. The van der Waals surface area contributed by atoms with E-state index in [0.29, 0.717) is 12.3 Å². The van der Waals surface area contributed by atoms with Gasteiger partial charge in [-0.15, -0.1) is 0 Å². The summed E-state index contributed by atoms with van der Waals surface area (Å²) in [4.78, 5) is 24.2. The van der Waals surface area contributed by atoms with Crippen molar-refractivity contribution in [3.63, 3.8) is 0 Å². The van der Waals surface area contributed by atoms with Crippen LogP contribution in [0.2, 0.25) is 0 Å². The van der Waals surface area contributed by atoms with Gasteiger partial charge in [0.15, 0.2) is 0 Å². The van der Waals surface area contributed by atoms with Crippen molar-refractivity contribution in [2.45, 2.75) is 18.9 Å². The Bertz CT molecular complexity index is 928. The first-order valence-electron chi connectivity index (χ1n) is 8.77. The van der Waals surface area contributed by atoms with Crippen molar-refractivity contribution in [2.24, 2.45) is 5.92 Å². The van der Waals surface area contributed by atoms with E-state index in [1.807, 2.05) is 18.2 Å². The molecule has 2 N–H and O–H groups in total. The Morgan fingerprint density at radius 2 is 1.85 bits per heavy atom. The van der Waals surface area contributed by atoms with Crippen molar-refractivity contribution in [3.8, 4) is 0 Å². The molecule has 1 heterocycles. The summed E-state index contributed by atoms with van der Waals surface area (Å²) < 4.78 is 5.15. The predicted octanol–water partition coefficient (Wildman–Crippen LogP) is 2.97. The zero-order valence-corrected chi connectivity index (χ0v) is 14.3. The molecule has 26 heavy (non-hydrogen) atoms. The molecule has 2 aromatic carbocycles. The van der Waals surface area contributed by atoms with E-state index in [4.69, 9.17) is 4.42 Å². The summed E-state index contributed by atoms with van der Waals surface area (Å²) in [7, 11) is 0. The van der Waals surface area contributed by atoms with Gasteiger partial charge in [-0.05, 0) is 40.8 Å². The lowest BCUT2D eigenvalue weighted by Crippen LogP contribution is -2.37. The van der Waals surface area contributed by atoms with Crippen molar-refractivity contribution >= 4 is 22.6 Å². The summed E-state index contributed by atoms with van der Waals surface area (Å²) in [6.07, 6.45) is 2.39. The van der Waals surface area contributed by atoms with E-state index >= 15 is 0 Å². The lowest BCUT2D eigenvalue weighted by molar-refractivity contribution is -0.126. The maximum Gasteiger partial charge on any atom is 0.239 e. The van der Waals surface area contributed by atoms with E-state index in [1.165, 1.54) is 16.3 Å². The van der Waals surface area contributed by atoms with Crippen LogP contribution < -0.4 is 10.6 Å². The van der Waals surface area contributed by atoms with Crippen LogP contribution in [-0.2, 0) is 16.1 Å². The van der Waals surface area contributed by atoms with Crippen molar-refractivity contribution in [1.29, 1.82) is 0 Å². The fraction of sp³-hybridized carbons (Fsp3) is 0.238. The number of hydrogen-bond donors (Lipinski definition) is 2. The summed E-state index contributed by atoms with van der Waals surface area (Å²) in [5, 5.41) is 7.85.